The summed E-state index contributed by atoms with van der Waals surface area (Å²) in [7, 11) is 0. The Bertz CT molecular complexity index is 378. The third kappa shape index (κ3) is 3.18. The Hall–Kier alpha value is -0.640. The van der Waals surface area contributed by atoms with Crippen LogP contribution in [0.2, 0.25) is 5.02 Å². The average Bonchev–Trinajstić information content (AvgIpc) is 2.36. The summed E-state index contributed by atoms with van der Waals surface area (Å²) in [5.41, 5.74) is 0.468. The summed E-state index contributed by atoms with van der Waals surface area (Å²) in [6.07, 6.45) is 1.62. The van der Waals surface area contributed by atoms with Crippen molar-refractivity contribution in [3.05, 3.63) is 34.6 Å². The molecule has 0 spiro atoms. The molecule has 0 bridgehead atoms. The Morgan fingerprint density at radius 1 is 1.53 bits per heavy atom. The van der Waals surface area contributed by atoms with Crippen molar-refractivity contribution in [2.24, 2.45) is 5.92 Å². The molecule has 4 heteroatoms. The Labute approximate surface area is 105 Å². The van der Waals surface area contributed by atoms with Crippen LogP contribution >= 0.6 is 11.6 Å². The number of aliphatic hydroxyl groups excluding tert-OH is 1. The van der Waals surface area contributed by atoms with Gasteiger partial charge in [-0.2, -0.15) is 0 Å². The van der Waals surface area contributed by atoms with E-state index in [1.807, 2.05) is 0 Å². The molecule has 0 radical (unpaired) electrons. The molecule has 94 valence electrons. The summed E-state index contributed by atoms with van der Waals surface area (Å²) in [4.78, 5) is 0. The van der Waals surface area contributed by atoms with Gasteiger partial charge in [0.05, 0.1) is 17.7 Å². The molecule has 1 aromatic rings. The van der Waals surface area contributed by atoms with Gasteiger partial charge in [-0.15, -0.1) is 0 Å². The molecule has 2 atom stereocenters. The van der Waals surface area contributed by atoms with Gasteiger partial charge >= 0.3 is 0 Å². The van der Waals surface area contributed by atoms with Gasteiger partial charge in [0.2, 0.25) is 0 Å². The smallest absolute Gasteiger partial charge is 0.145 e. The molecular formula is C13H16ClFO2. The summed E-state index contributed by atoms with van der Waals surface area (Å²) < 4.78 is 19.0. The highest BCUT2D eigenvalue weighted by Gasteiger charge is 2.23. The van der Waals surface area contributed by atoms with Crippen LogP contribution in [0, 0.1) is 11.7 Å². The van der Waals surface area contributed by atoms with Crippen LogP contribution in [0.25, 0.3) is 0 Å². The highest BCUT2D eigenvalue weighted by atomic mass is 35.5. The van der Waals surface area contributed by atoms with Crippen molar-refractivity contribution >= 4 is 11.6 Å². The molecule has 2 rings (SSSR count). The van der Waals surface area contributed by atoms with Gasteiger partial charge < -0.3 is 9.84 Å². The molecule has 1 N–H and O–H groups in total. The Balaban J connectivity index is 2.01. The highest BCUT2D eigenvalue weighted by Crippen LogP contribution is 2.23. The lowest BCUT2D eigenvalue weighted by atomic mass is 9.91. The van der Waals surface area contributed by atoms with Crippen LogP contribution in [0.1, 0.15) is 18.4 Å². The number of halogens is 2. The minimum Gasteiger partial charge on any atom is -0.392 e. The fraction of sp³-hybridized carbons (Fsp3) is 0.538. The molecule has 2 nitrogen and oxygen atoms in total. The minimum absolute atomic E-state index is 0.0992. The Morgan fingerprint density at radius 3 is 3.06 bits per heavy atom. The standard InChI is InChI=1S/C13H16ClFO2/c14-11-5-1-3-9(13(11)15)7-12(16)10-4-2-6-17-8-10/h1,3,5,10,12,16H,2,4,6-8H2. The predicted octanol–water partition coefficient (Wildman–Crippen LogP) is 2.81. The van der Waals surface area contributed by atoms with E-state index >= 15 is 0 Å². The summed E-state index contributed by atoms with van der Waals surface area (Å²) in [5.74, 6) is -0.327. The van der Waals surface area contributed by atoms with Crippen LogP contribution in [-0.4, -0.2) is 24.4 Å². The van der Waals surface area contributed by atoms with Gasteiger partial charge in [-0.3, -0.25) is 0 Å². The lowest BCUT2D eigenvalue weighted by Gasteiger charge is -2.26. The molecule has 0 aliphatic carbocycles. The first-order chi connectivity index (χ1) is 8.18. The first kappa shape index (κ1) is 12.8. The predicted molar refractivity (Wildman–Crippen MR) is 64.7 cm³/mol. The maximum Gasteiger partial charge on any atom is 0.145 e. The van der Waals surface area contributed by atoms with Gasteiger partial charge in [0.25, 0.3) is 0 Å². The molecule has 1 aliphatic heterocycles. The van der Waals surface area contributed by atoms with Crippen LogP contribution in [0.3, 0.4) is 0 Å². The van der Waals surface area contributed by atoms with Gasteiger partial charge in [0.1, 0.15) is 5.82 Å². The van der Waals surface area contributed by atoms with E-state index < -0.39 is 11.9 Å². The van der Waals surface area contributed by atoms with Gasteiger partial charge in [0.15, 0.2) is 0 Å². The zero-order valence-corrected chi connectivity index (χ0v) is 10.3. The van der Waals surface area contributed by atoms with Crippen molar-refractivity contribution in [2.45, 2.75) is 25.4 Å². The van der Waals surface area contributed by atoms with Crippen LogP contribution < -0.4 is 0 Å². The summed E-state index contributed by atoms with van der Waals surface area (Å²) in [5, 5.41) is 10.2. The van der Waals surface area contributed by atoms with Crippen LogP contribution in [0.15, 0.2) is 18.2 Å². The Morgan fingerprint density at radius 2 is 2.35 bits per heavy atom. The first-order valence-electron chi connectivity index (χ1n) is 5.87. The molecule has 17 heavy (non-hydrogen) atoms. The van der Waals surface area contributed by atoms with Crippen molar-refractivity contribution < 1.29 is 14.2 Å². The summed E-state index contributed by atoms with van der Waals surface area (Å²) in [6, 6.07) is 4.87. The second-order valence-electron chi connectivity index (χ2n) is 4.46. The molecule has 0 aromatic heterocycles. The SMILES string of the molecule is OC(Cc1cccc(Cl)c1F)C1CCCOC1. The van der Waals surface area contributed by atoms with Crippen LogP contribution in [-0.2, 0) is 11.2 Å². The summed E-state index contributed by atoms with van der Waals surface area (Å²) in [6.45, 7) is 1.32. The molecule has 0 saturated carbocycles. The van der Waals surface area contributed by atoms with Gasteiger partial charge in [-0.1, -0.05) is 23.7 Å². The van der Waals surface area contributed by atoms with Gasteiger partial charge in [-0.25, -0.2) is 4.39 Å². The zero-order chi connectivity index (χ0) is 12.3. The van der Waals surface area contributed by atoms with Gasteiger partial charge in [-0.05, 0) is 24.5 Å². The molecule has 1 aliphatic rings. The highest BCUT2D eigenvalue weighted by molar-refractivity contribution is 6.30. The summed E-state index contributed by atoms with van der Waals surface area (Å²) >= 11 is 5.70. The monoisotopic (exact) mass is 258 g/mol. The van der Waals surface area contributed by atoms with E-state index in [4.69, 9.17) is 16.3 Å². The van der Waals surface area contributed by atoms with Crippen molar-refractivity contribution in [2.75, 3.05) is 13.2 Å². The molecule has 1 heterocycles. The maximum atomic E-state index is 13.7. The van der Waals surface area contributed by atoms with Crippen molar-refractivity contribution in [3.8, 4) is 0 Å². The number of benzene rings is 1. The van der Waals surface area contributed by atoms with E-state index in [0.29, 0.717) is 18.6 Å². The Kier molecular flexibility index (Phi) is 4.37. The number of hydrogen-bond acceptors (Lipinski definition) is 2. The van der Waals surface area contributed by atoms with Gasteiger partial charge in [0, 0.05) is 18.9 Å². The molecule has 1 saturated heterocycles. The van der Waals surface area contributed by atoms with E-state index in [9.17, 15) is 9.50 Å². The van der Waals surface area contributed by atoms with E-state index in [1.54, 1.807) is 12.1 Å². The minimum atomic E-state index is -0.566. The number of ether oxygens (including phenoxy) is 1. The van der Waals surface area contributed by atoms with Crippen molar-refractivity contribution in [1.29, 1.82) is 0 Å². The lowest BCUT2D eigenvalue weighted by Crippen LogP contribution is -2.30. The normalized spacial score (nSPS) is 22.4. The first-order valence-corrected chi connectivity index (χ1v) is 6.25. The number of hydrogen-bond donors (Lipinski definition) is 1. The quantitative estimate of drug-likeness (QED) is 0.903. The third-order valence-electron chi connectivity index (χ3n) is 3.20. The van der Waals surface area contributed by atoms with E-state index in [0.717, 1.165) is 19.4 Å². The van der Waals surface area contributed by atoms with Crippen LogP contribution in [0.4, 0.5) is 4.39 Å². The van der Waals surface area contributed by atoms with E-state index in [-0.39, 0.29) is 10.9 Å². The van der Waals surface area contributed by atoms with E-state index in [2.05, 4.69) is 0 Å². The maximum absolute atomic E-state index is 13.7. The third-order valence-corrected chi connectivity index (χ3v) is 3.49. The van der Waals surface area contributed by atoms with E-state index in [1.165, 1.54) is 6.07 Å². The molecule has 1 aromatic carbocycles. The fourth-order valence-electron chi connectivity index (χ4n) is 2.17. The van der Waals surface area contributed by atoms with Crippen LogP contribution in [0.5, 0.6) is 0 Å². The topological polar surface area (TPSA) is 29.5 Å². The zero-order valence-electron chi connectivity index (χ0n) is 9.53. The number of aliphatic hydroxyl groups is 1. The lowest BCUT2D eigenvalue weighted by molar-refractivity contribution is -0.00873. The molecule has 0 amide bonds. The largest absolute Gasteiger partial charge is 0.392 e. The fourth-order valence-corrected chi connectivity index (χ4v) is 2.36. The molecule has 1 fully saturated rings. The molecule has 2 unspecified atom stereocenters. The molecular weight excluding hydrogens is 243 g/mol. The second kappa shape index (κ2) is 5.80. The number of rotatable bonds is 3. The van der Waals surface area contributed by atoms with Crippen molar-refractivity contribution in [3.63, 3.8) is 0 Å². The second-order valence-corrected chi connectivity index (χ2v) is 4.87. The average molecular weight is 259 g/mol. The van der Waals surface area contributed by atoms with Crippen molar-refractivity contribution in [1.82, 2.24) is 0 Å².